The van der Waals surface area contributed by atoms with Gasteiger partial charge in [-0.05, 0) is 19.8 Å². The van der Waals surface area contributed by atoms with E-state index in [0.717, 1.165) is 24.2 Å². The van der Waals surface area contributed by atoms with Gasteiger partial charge in [0.05, 0.1) is 29.9 Å². The average Bonchev–Trinajstić information content (AvgIpc) is 2.69. The van der Waals surface area contributed by atoms with Gasteiger partial charge in [-0.1, -0.05) is 12.1 Å². The molecular formula is C11H18N4O. The van der Waals surface area contributed by atoms with Crippen LogP contribution in [-0.2, 0) is 17.6 Å². The number of nitriles is 1. The number of ether oxygens (including phenoxy) is 1. The summed E-state index contributed by atoms with van der Waals surface area (Å²) in [6.07, 6.45) is 2.08. The third-order valence-corrected chi connectivity index (χ3v) is 2.61. The Bertz CT molecular complexity index is 367. The van der Waals surface area contributed by atoms with Gasteiger partial charge in [0.15, 0.2) is 0 Å². The maximum absolute atomic E-state index is 8.68. The molecule has 0 aliphatic heterocycles. The van der Waals surface area contributed by atoms with Crippen molar-refractivity contribution in [2.75, 3.05) is 13.7 Å². The number of hydrogen-bond acceptors (Lipinski definition) is 4. The minimum atomic E-state index is 0.259. The van der Waals surface area contributed by atoms with Gasteiger partial charge in [-0.3, -0.25) is 0 Å². The van der Waals surface area contributed by atoms with E-state index in [1.54, 1.807) is 7.11 Å². The van der Waals surface area contributed by atoms with Crippen molar-refractivity contribution in [3.63, 3.8) is 0 Å². The predicted molar refractivity (Wildman–Crippen MR) is 59.9 cm³/mol. The number of aromatic nitrogens is 3. The van der Waals surface area contributed by atoms with E-state index in [9.17, 15) is 0 Å². The molecule has 88 valence electrons. The smallest absolute Gasteiger partial charge is 0.0999 e. The first-order chi connectivity index (χ1) is 7.74. The standard InChI is InChI=1S/C11H18N4O/c1-4-11-10(5-7-12)13-14-15(11)9(2)6-8-16-3/h9H,4-6,8H2,1-3H3. The van der Waals surface area contributed by atoms with Crippen LogP contribution in [0.4, 0.5) is 0 Å². The lowest BCUT2D eigenvalue weighted by Crippen LogP contribution is -2.13. The van der Waals surface area contributed by atoms with E-state index in [1.807, 2.05) is 4.68 Å². The molecule has 0 fully saturated rings. The molecule has 0 radical (unpaired) electrons. The summed E-state index contributed by atoms with van der Waals surface area (Å²) in [6, 6.07) is 2.37. The van der Waals surface area contributed by atoms with Crippen molar-refractivity contribution >= 4 is 0 Å². The van der Waals surface area contributed by atoms with Gasteiger partial charge in [0.2, 0.25) is 0 Å². The van der Waals surface area contributed by atoms with Crippen LogP contribution in [0.3, 0.4) is 0 Å². The zero-order valence-electron chi connectivity index (χ0n) is 10.1. The molecule has 1 unspecified atom stereocenters. The van der Waals surface area contributed by atoms with E-state index in [2.05, 4.69) is 30.2 Å². The zero-order valence-corrected chi connectivity index (χ0v) is 10.1. The van der Waals surface area contributed by atoms with E-state index in [4.69, 9.17) is 10.00 Å². The molecule has 0 bridgehead atoms. The fraction of sp³-hybridized carbons (Fsp3) is 0.727. The Morgan fingerprint density at radius 2 is 2.31 bits per heavy atom. The summed E-state index contributed by atoms with van der Waals surface area (Å²) in [5.74, 6) is 0. The minimum Gasteiger partial charge on any atom is -0.385 e. The molecule has 0 N–H and O–H groups in total. The monoisotopic (exact) mass is 222 g/mol. The molecule has 0 spiro atoms. The van der Waals surface area contributed by atoms with E-state index < -0.39 is 0 Å². The fourth-order valence-corrected chi connectivity index (χ4v) is 1.69. The summed E-state index contributed by atoms with van der Waals surface area (Å²) < 4.78 is 6.96. The third-order valence-electron chi connectivity index (χ3n) is 2.61. The van der Waals surface area contributed by atoms with Crippen LogP contribution in [0, 0.1) is 11.3 Å². The Labute approximate surface area is 96.0 Å². The molecule has 1 rings (SSSR count). The van der Waals surface area contributed by atoms with Crippen molar-refractivity contribution < 1.29 is 4.74 Å². The Morgan fingerprint density at radius 1 is 1.56 bits per heavy atom. The molecule has 1 aromatic rings. The first kappa shape index (κ1) is 12.7. The minimum absolute atomic E-state index is 0.259. The van der Waals surface area contributed by atoms with Crippen LogP contribution >= 0.6 is 0 Å². The summed E-state index contributed by atoms with van der Waals surface area (Å²) in [5.41, 5.74) is 1.86. The Kier molecular flexibility index (Phi) is 4.93. The fourth-order valence-electron chi connectivity index (χ4n) is 1.69. The molecule has 5 heteroatoms. The quantitative estimate of drug-likeness (QED) is 0.731. The first-order valence-corrected chi connectivity index (χ1v) is 5.53. The summed E-state index contributed by atoms with van der Waals surface area (Å²) >= 11 is 0. The van der Waals surface area contributed by atoms with Crippen LogP contribution in [-0.4, -0.2) is 28.7 Å². The lowest BCUT2D eigenvalue weighted by molar-refractivity contribution is 0.177. The van der Waals surface area contributed by atoms with Crippen LogP contribution in [0.15, 0.2) is 0 Å². The second-order valence-corrected chi connectivity index (χ2v) is 3.75. The highest BCUT2D eigenvalue weighted by molar-refractivity contribution is 5.14. The summed E-state index contributed by atoms with van der Waals surface area (Å²) in [7, 11) is 1.69. The topological polar surface area (TPSA) is 63.7 Å². The average molecular weight is 222 g/mol. The van der Waals surface area contributed by atoms with Crippen molar-refractivity contribution in [3.05, 3.63) is 11.4 Å². The lowest BCUT2D eigenvalue weighted by atomic mass is 10.2. The molecule has 1 aromatic heterocycles. The molecule has 0 aromatic carbocycles. The summed E-state index contributed by atoms with van der Waals surface area (Å²) in [4.78, 5) is 0. The molecule has 16 heavy (non-hydrogen) atoms. The number of nitrogens with zero attached hydrogens (tertiary/aromatic N) is 4. The maximum Gasteiger partial charge on any atom is 0.0999 e. The molecular weight excluding hydrogens is 204 g/mol. The SMILES string of the molecule is CCc1c(CC#N)nnn1C(C)CCOC. The van der Waals surface area contributed by atoms with Gasteiger partial charge >= 0.3 is 0 Å². The van der Waals surface area contributed by atoms with Crippen molar-refractivity contribution in [1.82, 2.24) is 15.0 Å². The summed E-state index contributed by atoms with van der Waals surface area (Å²) in [5, 5.41) is 16.9. The van der Waals surface area contributed by atoms with Crippen molar-refractivity contribution in [3.8, 4) is 6.07 Å². The summed E-state index contributed by atoms with van der Waals surface area (Å²) in [6.45, 7) is 4.85. The molecule has 1 heterocycles. The van der Waals surface area contributed by atoms with Crippen LogP contribution in [0.2, 0.25) is 0 Å². The molecule has 0 saturated carbocycles. The highest BCUT2D eigenvalue weighted by Crippen LogP contribution is 2.15. The Morgan fingerprint density at radius 3 is 2.88 bits per heavy atom. The second kappa shape index (κ2) is 6.23. The number of hydrogen-bond donors (Lipinski definition) is 0. The van der Waals surface area contributed by atoms with Crippen LogP contribution in [0.5, 0.6) is 0 Å². The molecule has 0 aliphatic carbocycles. The van der Waals surface area contributed by atoms with Gasteiger partial charge in [0.1, 0.15) is 0 Å². The van der Waals surface area contributed by atoms with Crippen molar-refractivity contribution in [2.24, 2.45) is 0 Å². The predicted octanol–water partition coefficient (Wildman–Crippen LogP) is 1.50. The van der Waals surface area contributed by atoms with Crippen LogP contribution < -0.4 is 0 Å². The third kappa shape index (κ3) is 2.80. The second-order valence-electron chi connectivity index (χ2n) is 3.75. The molecule has 5 nitrogen and oxygen atoms in total. The first-order valence-electron chi connectivity index (χ1n) is 5.53. The maximum atomic E-state index is 8.68. The molecule has 0 aliphatic rings. The normalized spacial score (nSPS) is 12.4. The van der Waals surface area contributed by atoms with E-state index >= 15 is 0 Å². The highest BCUT2D eigenvalue weighted by Gasteiger charge is 2.15. The number of methoxy groups -OCH3 is 1. The van der Waals surface area contributed by atoms with E-state index in [1.165, 1.54) is 0 Å². The van der Waals surface area contributed by atoms with Gasteiger partial charge in [-0.25, -0.2) is 4.68 Å². The lowest BCUT2D eigenvalue weighted by Gasteiger charge is -2.13. The van der Waals surface area contributed by atoms with Gasteiger partial charge in [0, 0.05) is 13.7 Å². The highest BCUT2D eigenvalue weighted by atomic mass is 16.5. The Hall–Kier alpha value is -1.41. The zero-order chi connectivity index (χ0) is 12.0. The van der Waals surface area contributed by atoms with Gasteiger partial charge in [0.25, 0.3) is 0 Å². The molecule has 0 amide bonds. The Balaban J connectivity index is 2.83. The van der Waals surface area contributed by atoms with Gasteiger partial charge in [-0.2, -0.15) is 5.26 Å². The van der Waals surface area contributed by atoms with Gasteiger partial charge < -0.3 is 4.74 Å². The molecule has 1 atom stereocenters. The van der Waals surface area contributed by atoms with E-state index in [-0.39, 0.29) is 6.04 Å². The molecule has 0 saturated heterocycles. The van der Waals surface area contributed by atoms with Crippen LogP contribution in [0.1, 0.15) is 37.7 Å². The van der Waals surface area contributed by atoms with Gasteiger partial charge in [-0.15, -0.1) is 5.10 Å². The number of rotatable bonds is 6. The largest absolute Gasteiger partial charge is 0.385 e. The van der Waals surface area contributed by atoms with Crippen molar-refractivity contribution in [1.29, 1.82) is 5.26 Å². The van der Waals surface area contributed by atoms with E-state index in [0.29, 0.717) is 13.0 Å². The van der Waals surface area contributed by atoms with Crippen LogP contribution in [0.25, 0.3) is 0 Å². The van der Waals surface area contributed by atoms with Crippen molar-refractivity contribution in [2.45, 2.75) is 39.2 Å².